The Hall–Kier alpha value is -1.34. The molecule has 1 aromatic carbocycles. The second kappa shape index (κ2) is 6.41. The van der Waals surface area contributed by atoms with Crippen molar-refractivity contribution in [3.63, 3.8) is 0 Å². The van der Waals surface area contributed by atoms with E-state index >= 15 is 0 Å². The van der Waals surface area contributed by atoms with Crippen molar-refractivity contribution >= 4 is 0 Å². The predicted molar refractivity (Wildman–Crippen MR) is 76.0 cm³/mol. The van der Waals surface area contributed by atoms with E-state index < -0.39 is 0 Å². The van der Waals surface area contributed by atoms with Crippen molar-refractivity contribution < 1.29 is 0 Å². The van der Waals surface area contributed by atoms with Crippen molar-refractivity contribution in [1.82, 2.24) is 4.90 Å². The first-order chi connectivity index (χ1) is 8.06. The third-order valence-electron chi connectivity index (χ3n) is 3.39. The first-order valence-electron chi connectivity index (χ1n) is 6.11. The lowest BCUT2D eigenvalue weighted by Crippen LogP contribution is -2.25. The van der Waals surface area contributed by atoms with Crippen molar-refractivity contribution in [2.75, 3.05) is 13.6 Å². The van der Waals surface area contributed by atoms with Crippen molar-refractivity contribution in [3.8, 4) is 0 Å². The van der Waals surface area contributed by atoms with Gasteiger partial charge in [0.05, 0.1) is 0 Å². The average molecular weight is 229 g/mol. The molecule has 1 nitrogen and oxygen atoms in total. The molecule has 1 unspecified atom stereocenters. The molecule has 92 valence electrons. The maximum atomic E-state index is 4.13. The molecule has 0 aliphatic rings. The maximum Gasteiger partial charge on any atom is 0.0320 e. The quantitative estimate of drug-likeness (QED) is 0.665. The van der Waals surface area contributed by atoms with Crippen LogP contribution in [-0.2, 0) is 0 Å². The predicted octanol–water partition coefficient (Wildman–Crippen LogP) is 4.06. The molecular weight excluding hydrogens is 206 g/mol. The second-order valence-corrected chi connectivity index (χ2v) is 4.68. The summed E-state index contributed by atoms with van der Waals surface area (Å²) < 4.78 is 0. The largest absolute Gasteiger partial charge is 0.296 e. The average Bonchev–Trinajstić information content (AvgIpc) is 2.37. The number of hydrogen-bond acceptors (Lipinski definition) is 1. The Labute approximate surface area is 105 Å². The summed E-state index contributed by atoms with van der Waals surface area (Å²) in [6, 6.07) is 11.0. The maximum absolute atomic E-state index is 4.13. The molecule has 1 aromatic rings. The van der Waals surface area contributed by atoms with E-state index in [4.69, 9.17) is 0 Å². The van der Waals surface area contributed by atoms with Crippen molar-refractivity contribution in [1.29, 1.82) is 0 Å². The van der Waals surface area contributed by atoms with Crippen LogP contribution in [0.25, 0.3) is 0 Å². The summed E-state index contributed by atoms with van der Waals surface area (Å²) in [6.45, 7) is 13.2. The highest BCUT2D eigenvalue weighted by Gasteiger charge is 2.13. The summed E-state index contributed by atoms with van der Waals surface area (Å²) in [5.74, 6) is 0.375. The molecule has 17 heavy (non-hydrogen) atoms. The smallest absolute Gasteiger partial charge is 0.0320 e. The molecular formula is C16H23N. The van der Waals surface area contributed by atoms with Gasteiger partial charge < -0.3 is 0 Å². The van der Waals surface area contributed by atoms with Gasteiger partial charge in [0.2, 0.25) is 0 Å². The van der Waals surface area contributed by atoms with Crippen LogP contribution in [0, 0.1) is 5.92 Å². The molecule has 0 N–H and O–H groups in total. The fourth-order valence-corrected chi connectivity index (χ4v) is 1.75. The molecule has 0 spiro atoms. The third kappa shape index (κ3) is 3.86. The Morgan fingerprint density at radius 1 is 1.29 bits per heavy atom. The minimum atomic E-state index is 0.375. The van der Waals surface area contributed by atoms with Crippen LogP contribution in [-0.4, -0.2) is 18.5 Å². The number of rotatable bonds is 6. The van der Waals surface area contributed by atoms with E-state index in [1.807, 2.05) is 6.08 Å². The highest BCUT2D eigenvalue weighted by molar-refractivity contribution is 5.19. The fourth-order valence-electron chi connectivity index (χ4n) is 1.75. The molecule has 0 amide bonds. The molecule has 1 rings (SSSR count). The summed E-state index contributed by atoms with van der Waals surface area (Å²) in [6.07, 6.45) is 1.95. The molecule has 0 saturated heterocycles. The lowest BCUT2D eigenvalue weighted by atomic mass is 10.0. The summed E-state index contributed by atoms with van der Waals surface area (Å²) in [5, 5.41) is 0. The molecule has 2 atom stereocenters. The first-order valence-corrected chi connectivity index (χ1v) is 6.11. The van der Waals surface area contributed by atoms with Crippen LogP contribution in [0.4, 0.5) is 0 Å². The van der Waals surface area contributed by atoms with E-state index in [0.717, 1.165) is 6.54 Å². The van der Waals surface area contributed by atoms with Gasteiger partial charge in [-0.2, -0.15) is 0 Å². The molecule has 0 bridgehead atoms. The van der Waals surface area contributed by atoms with E-state index in [1.165, 1.54) is 11.1 Å². The molecule has 0 aliphatic heterocycles. The van der Waals surface area contributed by atoms with Crippen molar-refractivity contribution in [2.45, 2.75) is 19.9 Å². The molecule has 0 fully saturated rings. The molecule has 0 radical (unpaired) electrons. The Balaban J connectivity index is 2.62. The second-order valence-electron chi connectivity index (χ2n) is 4.68. The van der Waals surface area contributed by atoms with E-state index in [-0.39, 0.29) is 0 Å². The lowest BCUT2D eigenvalue weighted by Gasteiger charge is -2.27. The number of allylic oxidation sites excluding steroid dienone is 1. The fraction of sp³-hybridized carbons (Fsp3) is 0.375. The van der Waals surface area contributed by atoms with Gasteiger partial charge in [0.15, 0.2) is 0 Å². The van der Waals surface area contributed by atoms with E-state index in [9.17, 15) is 0 Å². The van der Waals surface area contributed by atoms with Crippen LogP contribution in [0.2, 0.25) is 0 Å². The topological polar surface area (TPSA) is 3.24 Å². The van der Waals surface area contributed by atoms with Gasteiger partial charge in [0.25, 0.3) is 0 Å². The third-order valence-corrected chi connectivity index (χ3v) is 3.39. The first kappa shape index (κ1) is 13.7. The molecule has 0 saturated carbocycles. The van der Waals surface area contributed by atoms with E-state index in [1.54, 1.807) is 0 Å². The van der Waals surface area contributed by atoms with Gasteiger partial charge in [-0.25, -0.2) is 0 Å². The van der Waals surface area contributed by atoms with Crippen LogP contribution < -0.4 is 0 Å². The molecule has 0 aromatic heterocycles. The molecule has 0 aliphatic carbocycles. The van der Waals surface area contributed by atoms with Crippen LogP contribution >= 0.6 is 0 Å². The summed E-state index contributed by atoms with van der Waals surface area (Å²) in [4.78, 5) is 2.32. The Bertz CT molecular complexity index is 366. The lowest BCUT2D eigenvalue weighted by molar-refractivity contribution is 0.279. The minimum Gasteiger partial charge on any atom is -0.296 e. The number of likely N-dealkylation sites (N-methyl/N-ethyl adjacent to an activating group) is 1. The van der Waals surface area contributed by atoms with Crippen molar-refractivity contribution in [3.05, 3.63) is 60.7 Å². The zero-order valence-electron chi connectivity index (χ0n) is 11.2. The normalized spacial score (nSPS) is 14.4. The monoisotopic (exact) mass is 229 g/mol. The summed E-state index contributed by atoms with van der Waals surface area (Å²) >= 11 is 0. The van der Waals surface area contributed by atoms with Crippen LogP contribution in [0.3, 0.4) is 0 Å². The highest BCUT2D eigenvalue weighted by atomic mass is 15.1. The SMILES string of the molecule is C=CC(C)C(=C)CN(C)[C@H](C)c1ccccc1. The number of benzene rings is 1. The van der Waals surface area contributed by atoms with E-state index in [2.05, 4.69) is 69.3 Å². The highest BCUT2D eigenvalue weighted by Crippen LogP contribution is 2.20. The Morgan fingerprint density at radius 2 is 1.88 bits per heavy atom. The summed E-state index contributed by atoms with van der Waals surface area (Å²) in [5.41, 5.74) is 2.55. The van der Waals surface area contributed by atoms with Gasteiger partial charge in [-0.05, 0) is 25.5 Å². The van der Waals surface area contributed by atoms with Gasteiger partial charge >= 0.3 is 0 Å². The molecule has 1 heteroatoms. The minimum absolute atomic E-state index is 0.375. The zero-order chi connectivity index (χ0) is 12.8. The standard InChI is InChI=1S/C16H23N/c1-6-13(2)14(3)12-17(5)15(4)16-10-8-7-9-11-16/h6-11,13,15H,1,3,12H2,2,4-5H3/t13?,15-/m1/s1. The van der Waals surface area contributed by atoms with Gasteiger partial charge in [-0.1, -0.05) is 55.5 Å². The molecule has 0 heterocycles. The number of hydrogen-bond donors (Lipinski definition) is 0. The Morgan fingerprint density at radius 3 is 2.41 bits per heavy atom. The Kier molecular flexibility index (Phi) is 5.17. The van der Waals surface area contributed by atoms with Crippen LogP contribution in [0.15, 0.2) is 55.1 Å². The number of nitrogens with zero attached hydrogens (tertiary/aromatic N) is 1. The zero-order valence-corrected chi connectivity index (χ0v) is 11.2. The van der Waals surface area contributed by atoms with Gasteiger partial charge in [-0.15, -0.1) is 6.58 Å². The van der Waals surface area contributed by atoms with Crippen LogP contribution in [0.1, 0.15) is 25.5 Å². The van der Waals surface area contributed by atoms with Gasteiger partial charge in [0, 0.05) is 12.6 Å². The van der Waals surface area contributed by atoms with Crippen molar-refractivity contribution in [2.24, 2.45) is 5.92 Å². The van der Waals surface area contributed by atoms with E-state index in [0.29, 0.717) is 12.0 Å². The van der Waals surface area contributed by atoms with Crippen LogP contribution in [0.5, 0.6) is 0 Å². The van der Waals surface area contributed by atoms with Gasteiger partial charge in [0.1, 0.15) is 0 Å². The van der Waals surface area contributed by atoms with Gasteiger partial charge in [-0.3, -0.25) is 4.90 Å². The summed E-state index contributed by atoms with van der Waals surface area (Å²) in [7, 11) is 2.14.